The van der Waals surface area contributed by atoms with E-state index in [4.69, 9.17) is 23.2 Å². The Labute approximate surface area is 202 Å². The average molecular weight is 487 g/mol. The van der Waals surface area contributed by atoms with Crippen molar-refractivity contribution in [1.29, 1.82) is 0 Å². The molecule has 0 bridgehead atoms. The van der Waals surface area contributed by atoms with Crippen LogP contribution in [0.25, 0.3) is 0 Å². The summed E-state index contributed by atoms with van der Waals surface area (Å²) in [6.07, 6.45) is 0.824. The van der Waals surface area contributed by atoms with Gasteiger partial charge in [0.2, 0.25) is 5.91 Å². The summed E-state index contributed by atoms with van der Waals surface area (Å²) in [5, 5.41) is 2.84. The molecular weight excluding hydrogens is 463 g/mol. The predicted molar refractivity (Wildman–Crippen MR) is 131 cm³/mol. The van der Waals surface area contributed by atoms with Crippen molar-refractivity contribution in [3.8, 4) is 0 Å². The highest BCUT2D eigenvalue weighted by molar-refractivity contribution is 7.10. The lowest BCUT2D eigenvalue weighted by Crippen LogP contribution is -2.46. The summed E-state index contributed by atoms with van der Waals surface area (Å²) in [6.45, 7) is 4.95. The van der Waals surface area contributed by atoms with E-state index in [1.165, 1.54) is 15.3 Å². The van der Waals surface area contributed by atoms with E-state index in [9.17, 15) is 9.59 Å². The Morgan fingerprint density at radius 2 is 1.91 bits per heavy atom. The molecule has 3 aromatic rings. The van der Waals surface area contributed by atoms with Gasteiger partial charge in [-0.25, -0.2) is 0 Å². The minimum atomic E-state index is -0.275. The summed E-state index contributed by atoms with van der Waals surface area (Å²) in [4.78, 5) is 31.4. The van der Waals surface area contributed by atoms with E-state index < -0.39 is 0 Å². The quantitative estimate of drug-likeness (QED) is 0.443. The standard InChI is InChI=1S/C25H24Cl2N2O2S/c1-3-28(25(31)19-9-8-17(26)14-21(19)27)15-23(30)29-12-10-22-20(11-13-32-22)24(29)18-7-5-4-6-16(18)2/h4-9,11,13-14,24H,3,10,12,15H2,1-2H3. The number of halogens is 2. The van der Waals surface area contributed by atoms with Crippen LogP contribution in [-0.4, -0.2) is 41.2 Å². The molecule has 1 aliphatic rings. The summed E-state index contributed by atoms with van der Waals surface area (Å²) >= 11 is 14.0. The summed E-state index contributed by atoms with van der Waals surface area (Å²) in [5.74, 6) is -0.349. The van der Waals surface area contributed by atoms with Gasteiger partial charge in [0.15, 0.2) is 0 Å². The molecule has 0 aliphatic carbocycles. The van der Waals surface area contributed by atoms with Crippen LogP contribution in [0.3, 0.4) is 0 Å². The van der Waals surface area contributed by atoms with Crippen LogP contribution in [0.4, 0.5) is 0 Å². The molecule has 4 nitrogen and oxygen atoms in total. The van der Waals surface area contributed by atoms with E-state index in [2.05, 4.69) is 30.5 Å². The molecule has 0 saturated heterocycles. The van der Waals surface area contributed by atoms with Crippen molar-refractivity contribution in [3.63, 3.8) is 0 Å². The maximum Gasteiger partial charge on any atom is 0.255 e. The number of carbonyl (C=O) groups excluding carboxylic acids is 2. The second-order valence-electron chi connectivity index (χ2n) is 7.84. The molecule has 2 heterocycles. The van der Waals surface area contributed by atoms with Crippen LogP contribution < -0.4 is 0 Å². The van der Waals surface area contributed by atoms with Gasteiger partial charge in [0.25, 0.3) is 5.91 Å². The van der Waals surface area contributed by atoms with Gasteiger partial charge in [-0.15, -0.1) is 11.3 Å². The molecule has 0 fully saturated rings. The first kappa shape index (κ1) is 22.8. The van der Waals surface area contributed by atoms with Crippen molar-refractivity contribution in [2.45, 2.75) is 26.3 Å². The van der Waals surface area contributed by atoms with Crippen LogP contribution in [-0.2, 0) is 11.2 Å². The summed E-state index contributed by atoms with van der Waals surface area (Å²) in [5.41, 5.74) is 3.79. The third-order valence-corrected chi connectivity index (χ3v) is 7.47. The van der Waals surface area contributed by atoms with Crippen molar-refractivity contribution in [1.82, 2.24) is 9.80 Å². The number of hydrogen-bond donors (Lipinski definition) is 0. The number of likely N-dealkylation sites (N-methyl/N-ethyl adjacent to an activating group) is 1. The van der Waals surface area contributed by atoms with Crippen LogP contribution >= 0.6 is 34.5 Å². The topological polar surface area (TPSA) is 40.6 Å². The number of amides is 2. The molecule has 2 aromatic carbocycles. The van der Waals surface area contributed by atoms with Crippen molar-refractivity contribution >= 4 is 46.4 Å². The monoisotopic (exact) mass is 486 g/mol. The van der Waals surface area contributed by atoms with E-state index in [0.717, 1.165) is 17.5 Å². The molecule has 2 amide bonds. The van der Waals surface area contributed by atoms with Crippen molar-refractivity contribution in [3.05, 3.63) is 91.1 Å². The van der Waals surface area contributed by atoms with Gasteiger partial charge in [-0.2, -0.15) is 0 Å². The highest BCUT2D eigenvalue weighted by Crippen LogP contribution is 2.39. The SMILES string of the molecule is CCN(CC(=O)N1CCc2sccc2C1c1ccccc1C)C(=O)c1ccc(Cl)cc1Cl. The first-order chi connectivity index (χ1) is 15.4. The fourth-order valence-electron chi connectivity index (χ4n) is 4.23. The van der Waals surface area contributed by atoms with Crippen LogP contribution in [0.15, 0.2) is 53.9 Å². The van der Waals surface area contributed by atoms with E-state index in [1.807, 2.05) is 24.0 Å². The van der Waals surface area contributed by atoms with Gasteiger partial charge >= 0.3 is 0 Å². The number of thiophene rings is 1. The molecule has 0 radical (unpaired) electrons. The zero-order valence-corrected chi connectivity index (χ0v) is 20.3. The molecular formula is C25H24Cl2N2O2S. The van der Waals surface area contributed by atoms with E-state index in [0.29, 0.717) is 23.7 Å². The Morgan fingerprint density at radius 3 is 2.62 bits per heavy atom. The Morgan fingerprint density at radius 1 is 1.12 bits per heavy atom. The number of benzene rings is 2. The molecule has 1 unspecified atom stereocenters. The molecule has 7 heteroatoms. The fraction of sp³-hybridized carbons (Fsp3) is 0.280. The van der Waals surface area contributed by atoms with Gasteiger partial charge in [0.1, 0.15) is 6.54 Å². The predicted octanol–water partition coefficient (Wildman–Crippen LogP) is 6.00. The molecule has 0 saturated carbocycles. The maximum atomic E-state index is 13.6. The van der Waals surface area contributed by atoms with Gasteiger partial charge in [0.05, 0.1) is 16.6 Å². The van der Waals surface area contributed by atoms with Crippen LogP contribution in [0.5, 0.6) is 0 Å². The zero-order chi connectivity index (χ0) is 22.8. The molecule has 32 heavy (non-hydrogen) atoms. The normalized spacial score (nSPS) is 15.4. The van der Waals surface area contributed by atoms with Gasteiger partial charge in [-0.05, 0) is 66.6 Å². The van der Waals surface area contributed by atoms with Crippen molar-refractivity contribution < 1.29 is 9.59 Å². The number of carbonyl (C=O) groups is 2. The lowest BCUT2D eigenvalue weighted by molar-refractivity contribution is -0.134. The van der Waals surface area contributed by atoms with Crippen LogP contribution in [0.1, 0.15) is 44.9 Å². The summed E-state index contributed by atoms with van der Waals surface area (Å²) in [6, 6.07) is 14.9. The van der Waals surface area contributed by atoms with Gasteiger partial charge < -0.3 is 9.80 Å². The van der Waals surface area contributed by atoms with Crippen molar-refractivity contribution in [2.75, 3.05) is 19.6 Å². The number of nitrogens with zero attached hydrogens (tertiary/aromatic N) is 2. The highest BCUT2D eigenvalue weighted by atomic mass is 35.5. The second-order valence-corrected chi connectivity index (χ2v) is 9.68. The average Bonchev–Trinajstić information content (AvgIpc) is 3.26. The van der Waals surface area contributed by atoms with Gasteiger partial charge in [-0.3, -0.25) is 9.59 Å². The van der Waals surface area contributed by atoms with Gasteiger partial charge in [-0.1, -0.05) is 47.5 Å². The number of hydrogen-bond acceptors (Lipinski definition) is 3. The Kier molecular flexibility index (Phi) is 6.89. The Balaban J connectivity index is 1.62. The molecule has 166 valence electrons. The first-order valence-electron chi connectivity index (χ1n) is 10.6. The van der Waals surface area contributed by atoms with Gasteiger partial charge in [0, 0.05) is 23.0 Å². The Hall–Kier alpha value is -2.34. The number of aryl methyl sites for hydroxylation is 1. The molecule has 0 N–H and O–H groups in total. The summed E-state index contributed by atoms with van der Waals surface area (Å²) in [7, 11) is 0. The molecule has 0 spiro atoms. The summed E-state index contributed by atoms with van der Waals surface area (Å²) < 4.78 is 0. The van der Waals surface area contributed by atoms with Crippen molar-refractivity contribution in [2.24, 2.45) is 0 Å². The maximum absolute atomic E-state index is 13.6. The highest BCUT2D eigenvalue weighted by Gasteiger charge is 2.34. The van der Waals surface area contributed by atoms with Crippen LogP contribution in [0.2, 0.25) is 10.0 Å². The lowest BCUT2D eigenvalue weighted by atomic mass is 9.90. The van der Waals surface area contributed by atoms with E-state index in [1.54, 1.807) is 29.5 Å². The first-order valence-corrected chi connectivity index (χ1v) is 12.2. The van der Waals surface area contributed by atoms with E-state index >= 15 is 0 Å². The number of fused-ring (bicyclic) bond motifs is 1. The second kappa shape index (κ2) is 9.65. The third-order valence-electron chi connectivity index (χ3n) is 5.93. The molecule has 1 atom stereocenters. The Bertz CT molecular complexity index is 1160. The zero-order valence-electron chi connectivity index (χ0n) is 18.0. The molecule has 1 aromatic heterocycles. The minimum Gasteiger partial charge on any atom is -0.330 e. The van der Waals surface area contributed by atoms with Crippen LogP contribution in [0, 0.1) is 6.92 Å². The lowest BCUT2D eigenvalue weighted by Gasteiger charge is -2.38. The molecule has 4 rings (SSSR count). The fourth-order valence-corrected chi connectivity index (χ4v) is 5.62. The van der Waals surface area contributed by atoms with E-state index in [-0.39, 0.29) is 29.4 Å². The largest absolute Gasteiger partial charge is 0.330 e. The number of rotatable bonds is 5. The third kappa shape index (κ3) is 4.42. The molecule has 1 aliphatic heterocycles. The minimum absolute atomic E-state index is 0.00383. The smallest absolute Gasteiger partial charge is 0.255 e.